The van der Waals surface area contributed by atoms with Crippen LogP contribution >= 0.6 is 11.6 Å². The van der Waals surface area contributed by atoms with Gasteiger partial charge < -0.3 is 9.47 Å². The molecular formula is C11H11ClO3. The molecule has 0 spiro atoms. The average Bonchev–Trinajstić information content (AvgIpc) is 2.27. The Morgan fingerprint density at radius 1 is 1.60 bits per heavy atom. The van der Waals surface area contributed by atoms with E-state index in [0.717, 1.165) is 11.3 Å². The molecule has 0 radical (unpaired) electrons. The quantitative estimate of drug-likeness (QED) is 0.688. The Morgan fingerprint density at radius 3 is 3.13 bits per heavy atom. The molecule has 0 aromatic heterocycles. The van der Waals surface area contributed by atoms with Crippen LogP contribution in [0, 0.1) is 5.92 Å². The van der Waals surface area contributed by atoms with Gasteiger partial charge in [-0.05, 0) is 30.2 Å². The zero-order valence-corrected chi connectivity index (χ0v) is 9.08. The molecule has 1 aliphatic rings. The summed E-state index contributed by atoms with van der Waals surface area (Å²) >= 11 is 5.87. The van der Waals surface area contributed by atoms with Crippen LogP contribution in [-0.4, -0.2) is 19.7 Å². The SMILES string of the molecule is COC(=O)[C@@H]1COc2ccc(Cl)cc2C1. The van der Waals surface area contributed by atoms with Crippen molar-refractivity contribution >= 4 is 17.6 Å². The Morgan fingerprint density at radius 2 is 2.40 bits per heavy atom. The summed E-state index contributed by atoms with van der Waals surface area (Å²) < 4.78 is 10.1. The summed E-state index contributed by atoms with van der Waals surface area (Å²) in [6, 6.07) is 5.43. The van der Waals surface area contributed by atoms with E-state index < -0.39 is 0 Å². The summed E-state index contributed by atoms with van der Waals surface area (Å²) in [7, 11) is 1.38. The van der Waals surface area contributed by atoms with Crippen LogP contribution < -0.4 is 4.74 Å². The van der Waals surface area contributed by atoms with E-state index in [-0.39, 0.29) is 11.9 Å². The van der Waals surface area contributed by atoms with Crippen LogP contribution in [-0.2, 0) is 16.0 Å². The second-order valence-corrected chi connectivity index (χ2v) is 3.92. The molecule has 0 saturated carbocycles. The van der Waals surface area contributed by atoms with Crippen molar-refractivity contribution in [3.63, 3.8) is 0 Å². The first kappa shape index (κ1) is 10.3. The molecule has 0 amide bonds. The highest BCUT2D eigenvalue weighted by Gasteiger charge is 2.26. The van der Waals surface area contributed by atoms with Crippen LogP contribution in [0.2, 0.25) is 5.02 Å². The molecule has 0 unspecified atom stereocenters. The van der Waals surface area contributed by atoms with Crippen LogP contribution in [0.5, 0.6) is 5.75 Å². The van der Waals surface area contributed by atoms with Crippen molar-refractivity contribution < 1.29 is 14.3 Å². The highest BCUT2D eigenvalue weighted by atomic mass is 35.5. The molecule has 3 nitrogen and oxygen atoms in total. The van der Waals surface area contributed by atoms with Crippen molar-refractivity contribution in [2.75, 3.05) is 13.7 Å². The molecule has 15 heavy (non-hydrogen) atoms. The predicted octanol–water partition coefficient (Wildman–Crippen LogP) is 2.06. The van der Waals surface area contributed by atoms with Gasteiger partial charge in [-0.1, -0.05) is 11.6 Å². The van der Waals surface area contributed by atoms with Gasteiger partial charge in [0.2, 0.25) is 0 Å². The Bertz CT molecular complexity index is 389. The van der Waals surface area contributed by atoms with E-state index in [1.54, 1.807) is 6.07 Å². The number of hydrogen-bond acceptors (Lipinski definition) is 3. The Hall–Kier alpha value is -1.22. The molecule has 0 bridgehead atoms. The lowest BCUT2D eigenvalue weighted by atomic mass is 9.97. The van der Waals surface area contributed by atoms with E-state index in [4.69, 9.17) is 16.3 Å². The number of esters is 1. The third-order valence-electron chi connectivity index (χ3n) is 2.46. The maximum absolute atomic E-state index is 11.3. The third-order valence-corrected chi connectivity index (χ3v) is 2.70. The van der Waals surface area contributed by atoms with E-state index in [0.29, 0.717) is 18.1 Å². The number of carbonyl (C=O) groups excluding carboxylic acids is 1. The lowest BCUT2D eigenvalue weighted by Crippen LogP contribution is -2.29. The summed E-state index contributed by atoms with van der Waals surface area (Å²) in [6.45, 7) is 0.376. The lowest BCUT2D eigenvalue weighted by molar-refractivity contribution is -0.146. The second kappa shape index (κ2) is 4.11. The van der Waals surface area contributed by atoms with Crippen LogP contribution in [0.25, 0.3) is 0 Å². The van der Waals surface area contributed by atoms with Gasteiger partial charge in [0.25, 0.3) is 0 Å². The van der Waals surface area contributed by atoms with Crippen LogP contribution in [0.15, 0.2) is 18.2 Å². The summed E-state index contributed by atoms with van der Waals surface area (Å²) in [5, 5.41) is 0.655. The van der Waals surface area contributed by atoms with Gasteiger partial charge >= 0.3 is 5.97 Å². The molecule has 0 aliphatic carbocycles. The topological polar surface area (TPSA) is 35.5 Å². The predicted molar refractivity (Wildman–Crippen MR) is 56.2 cm³/mol. The van der Waals surface area contributed by atoms with Gasteiger partial charge in [0.1, 0.15) is 12.4 Å². The van der Waals surface area contributed by atoms with E-state index in [2.05, 4.69) is 4.74 Å². The Labute approximate surface area is 92.9 Å². The molecule has 1 heterocycles. The van der Waals surface area contributed by atoms with Gasteiger partial charge in [0.15, 0.2) is 0 Å². The summed E-state index contributed by atoms with van der Waals surface area (Å²) in [5.74, 6) is 0.348. The minimum Gasteiger partial charge on any atom is -0.492 e. The fraction of sp³-hybridized carbons (Fsp3) is 0.364. The van der Waals surface area contributed by atoms with Gasteiger partial charge in [-0.15, -0.1) is 0 Å². The van der Waals surface area contributed by atoms with Crippen molar-refractivity contribution in [3.05, 3.63) is 28.8 Å². The maximum atomic E-state index is 11.3. The molecule has 0 fully saturated rings. The highest BCUT2D eigenvalue weighted by Crippen LogP contribution is 2.29. The van der Waals surface area contributed by atoms with E-state index >= 15 is 0 Å². The van der Waals surface area contributed by atoms with Crippen LogP contribution in [0.4, 0.5) is 0 Å². The van der Waals surface area contributed by atoms with E-state index in [9.17, 15) is 4.79 Å². The number of benzene rings is 1. The van der Waals surface area contributed by atoms with E-state index in [1.807, 2.05) is 12.1 Å². The van der Waals surface area contributed by atoms with Crippen molar-refractivity contribution in [1.82, 2.24) is 0 Å². The minimum absolute atomic E-state index is 0.221. The summed E-state index contributed by atoms with van der Waals surface area (Å²) in [6.07, 6.45) is 0.628. The largest absolute Gasteiger partial charge is 0.492 e. The molecular weight excluding hydrogens is 216 g/mol. The van der Waals surface area contributed by atoms with Crippen molar-refractivity contribution in [3.8, 4) is 5.75 Å². The van der Waals surface area contributed by atoms with Gasteiger partial charge in [-0.3, -0.25) is 4.79 Å². The van der Waals surface area contributed by atoms with Crippen molar-refractivity contribution in [1.29, 1.82) is 0 Å². The number of carbonyl (C=O) groups is 1. The summed E-state index contributed by atoms with van der Waals surface area (Å²) in [4.78, 5) is 11.3. The van der Waals surface area contributed by atoms with Gasteiger partial charge in [0, 0.05) is 5.02 Å². The fourth-order valence-corrected chi connectivity index (χ4v) is 1.88. The fourth-order valence-electron chi connectivity index (χ4n) is 1.68. The molecule has 0 saturated heterocycles. The normalized spacial score (nSPS) is 18.9. The Kier molecular flexibility index (Phi) is 2.82. The number of ether oxygens (including phenoxy) is 2. The molecule has 4 heteroatoms. The zero-order valence-electron chi connectivity index (χ0n) is 8.33. The molecule has 1 atom stereocenters. The second-order valence-electron chi connectivity index (χ2n) is 3.49. The molecule has 2 rings (SSSR count). The molecule has 1 aromatic carbocycles. The van der Waals surface area contributed by atoms with E-state index in [1.165, 1.54) is 7.11 Å². The molecule has 80 valence electrons. The first-order valence-electron chi connectivity index (χ1n) is 4.70. The van der Waals surface area contributed by atoms with Crippen molar-refractivity contribution in [2.45, 2.75) is 6.42 Å². The molecule has 1 aliphatic heterocycles. The number of hydrogen-bond donors (Lipinski definition) is 0. The standard InChI is InChI=1S/C11H11ClO3/c1-14-11(13)8-4-7-5-9(12)2-3-10(7)15-6-8/h2-3,5,8H,4,6H2,1H3/t8-/m0/s1. The van der Waals surface area contributed by atoms with Crippen molar-refractivity contribution in [2.24, 2.45) is 5.92 Å². The third kappa shape index (κ3) is 2.07. The highest BCUT2D eigenvalue weighted by molar-refractivity contribution is 6.30. The smallest absolute Gasteiger partial charge is 0.312 e. The number of rotatable bonds is 1. The first-order valence-corrected chi connectivity index (χ1v) is 5.07. The van der Waals surface area contributed by atoms with Crippen LogP contribution in [0.3, 0.4) is 0 Å². The Balaban J connectivity index is 2.22. The zero-order chi connectivity index (χ0) is 10.8. The molecule has 0 N–H and O–H groups in total. The molecule has 1 aromatic rings. The van der Waals surface area contributed by atoms with Gasteiger partial charge in [-0.2, -0.15) is 0 Å². The number of fused-ring (bicyclic) bond motifs is 1. The monoisotopic (exact) mass is 226 g/mol. The number of methoxy groups -OCH3 is 1. The average molecular weight is 227 g/mol. The van der Waals surface area contributed by atoms with Gasteiger partial charge in [-0.25, -0.2) is 0 Å². The first-order chi connectivity index (χ1) is 7.20. The van der Waals surface area contributed by atoms with Crippen LogP contribution in [0.1, 0.15) is 5.56 Å². The number of halogens is 1. The summed E-state index contributed by atoms with van der Waals surface area (Å²) in [5.41, 5.74) is 0.962. The minimum atomic E-state index is -0.236. The lowest BCUT2D eigenvalue weighted by Gasteiger charge is -2.23. The maximum Gasteiger partial charge on any atom is 0.312 e. The van der Waals surface area contributed by atoms with Gasteiger partial charge in [0.05, 0.1) is 13.0 Å².